The largest absolute Gasteiger partial charge is 0.397 e. The maximum atomic E-state index is 11.6. The molecule has 1 unspecified atom stereocenters. The lowest BCUT2D eigenvalue weighted by atomic mass is 9.86. The molecule has 1 heterocycles. The first-order valence-electron chi connectivity index (χ1n) is 8.56. The molecule has 0 saturated carbocycles. The van der Waals surface area contributed by atoms with Gasteiger partial charge in [0.15, 0.2) is 0 Å². The van der Waals surface area contributed by atoms with Gasteiger partial charge >= 0.3 is 10.4 Å². The van der Waals surface area contributed by atoms with Gasteiger partial charge in [-0.25, -0.2) is 4.18 Å². The number of rotatable bonds is 7. The minimum Gasteiger partial charge on any atom is -0.388 e. The van der Waals surface area contributed by atoms with E-state index in [1.54, 1.807) is 0 Å². The number of amides is 2. The van der Waals surface area contributed by atoms with Crippen molar-refractivity contribution in [2.45, 2.75) is 37.1 Å². The quantitative estimate of drug-likeness (QED) is 0.210. The summed E-state index contributed by atoms with van der Waals surface area (Å²) in [6.45, 7) is 3.50. The van der Waals surface area contributed by atoms with E-state index < -0.39 is 59.0 Å². The van der Waals surface area contributed by atoms with Crippen molar-refractivity contribution in [3.05, 3.63) is 42.5 Å². The number of anilines is 1. The first-order valence-corrected chi connectivity index (χ1v) is 9.93. The highest BCUT2D eigenvalue weighted by Crippen LogP contribution is 2.37. The standard InChI is InChI=1S/C17H22N2O10S/c1-3-13(21)19-11-6-4-10(5-7-11)17(24)16(18-9(2)20)15(23)14(22)12(29-17)8-28-30(25,26)27/h3-7,12,14-16,22-24H,1,8H2,2H3,(H,18,20)(H,19,21)(H,25,26,27)/t12-,14-,15+,16-,17?/m1/s1. The molecule has 6 N–H and O–H groups in total. The number of carbonyl (C=O) groups is 2. The van der Waals surface area contributed by atoms with Gasteiger partial charge in [0.25, 0.3) is 0 Å². The van der Waals surface area contributed by atoms with Gasteiger partial charge in [-0.05, 0) is 18.2 Å². The molecule has 1 aromatic rings. The van der Waals surface area contributed by atoms with Gasteiger partial charge in [-0.15, -0.1) is 0 Å². The maximum Gasteiger partial charge on any atom is 0.397 e. The minimum atomic E-state index is -4.89. The molecule has 0 aliphatic carbocycles. The van der Waals surface area contributed by atoms with Crippen LogP contribution in [0.1, 0.15) is 12.5 Å². The second-order valence-corrected chi connectivity index (χ2v) is 7.59. The number of aliphatic hydroxyl groups is 3. The molecular formula is C17H22N2O10S. The Morgan fingerprint density at radius 2 is 1.87 bits per heavy atom. The molecule has 0 radical (unpaired) electrons. The second-order valence-electron chi connectivity index (χ2n) is 6.50. The molecule has 1 saturated heterocycles. The zero-order valence-electron chi connectivity index (χ0n) is 15.8. The third-order valence-electron chi connectivity index (χ3n) is 4.32. The first kappa shape index (κ1) is 23.9. The molecule has 0 spiro atoms. The van der Waals surface area contributed by atoms with Gasteiger partial charge in [0.1, 0.15) is 24.4 Å². The van der Waals surface area contributed by atoms with E-state index >= 15 is 0 Å². The molecule has 30 heavy (non-hydrogen) atoms. The molecule has 2 amide bonds. The predicted molar refractivity (Wildman–Crippen MR) is 101 cm³/mol. The fourth-order valence-electron chi connectivity index (χ4n) is 2.94. The average molecular weight is 446 g/mol. The number of hydrogen-bond donors (Lipinski definition) is 6. The lowest BCUT2D eigenvalue weighted by Crippen LogP contribution is -2.68. The summed E-state index contributed by atoms with van der Waals surface area (Å²) in [6.07, 6.45) is -4.13. The Morgan fingerprint density at radius 3 is 2.37 bits per heavy atom. The fourth-order valence-corrected chi connectivity index (χ4v) is 3.25. The Morgan fingerprint density at radius 1 is 1.27 bits per heavy atom. The van der Waals surface area contributed by atoms with Crippen LogP contribution in [0.4, 0.5) is 5.69 Å². The van der Waals surface area contributed by atoms with Crippen molar-refractivity contribution in [3.63, 3.8) is 0 Å². The van der Waals surface area contributed by atoms with E-state index in [4.69, 9.17) is 9.29 Å². The summed E-state index contributed by atoms with van der Waals surface area (Å²) in [6, 6.07) is 3.87. The average Bonchev–Trinajstić information content (AvgIpc) is 2.66. The van der Waals surface area contributed by atoms with Crippen molar-refractivity contribution < 1.29 is 46.8 Å². The highest BCUT2D eigenvalue weighted by Gasteiger charge is 2.55. The van der Waals surface area contributed by atoms with Crippen LogP contribution in [0.3, 0.4) is 0 Å². The van der Waals surface area contributed by atoms with Crippen LogP contribution in [0.2, 0.25) is 0 Å². The normalized spacial score (nSPS) is 29.1. The zero-order valence-corrected chi connectivity index (χ0v) is 16.6. The molecule has 13 heteroatoms. The number of benzene rings is 1. The molecule has 1 aliphatic rings. The van der Waals surface area contributed by atoms with E-state index in [1.165, 1.54) is 24.3 Å². The number of ether oxygens (including phenoxy) is 1. The van der Waals surface area contributed by atoms with Crippen LogP contribution in [0, 0.1) is 0 Å². The van der Waals surface area contributed by atoms with Crippen molar-refractivity contribution in [1.29, 1.82) is 0 Å². The fraction of sp³-hybridized carbons (Fsp3) is 0.412. The highest BCUT2D eigenvalue weighted by atomic mass is 32.3. The Bertz CT molecular complexity index is 904. The summed E-state index contributed by atoms with van der Waals surface area (Å²) in [5, 5.41) is 36.6. The SMILES string of the molecule is C=CC(=O)Nc1ccc(C2(O)O[C@H](COS(=O)(=O)O)[C@@H](O)[C@H](O)[C@H]2NC(C)=O)cc1. The number of aliphatic hydroxyl groups excluding tert-OH is 2. The van der Waals surface area contributed by atoms with E-state index in [1.807, 2.05) is 0 Å². The van der Waals surface area contributed by atoms with Crippen LogP contribution in [0.15, 0.2) is 36.9 Å². The maximum absolute atomic E-state index is 11.6. The molecular weight excluding hydrogens is 424 g/mol. The summed E-state index contributed by atoms with van der Waals surface area (Å²) in [4.78, 5) is 23.0. The third-order valence-corrected chi connectivity index (χ3v) is 4.75. The Hall–Kier alpha value is -2.39. The molecule has 1 aliphatic heterocycles. The lowest BCUT2D eigenvalue weighted by molar-refractivity contribution is -0.325. The Kier molecular flexibility index (Phi) is 7.31. The van der Waals surface area contributed by atoms with Crippen molar-refractivity contribution >= 4 is 27.9 Å². The van der Waals surface area contributed by atoms with Gasteiger partial charge < -0.3 is 30.7 Å². The molecule has 2 rings (SSSR count). The molecule has 166 valence electrons. The minimum absolute atomic E-state index is 0.000609. The number of hydrogen-bond acceptors (Lipinski definition) is 9. The summed E-state index contributed by atoms with van der Waals surface area (Å²) in [5.74, 6) is -3.57. The second kappa shape index (κ2) is 9.18. The van der Waals surface area contributed by atoms with Gasteiger partial charge in [0, 0.05) is 18.2 Å². The molecule has 0 aromatic heterocycles. The summed E-state index contributed by atoms with van der Waals surface area (Å²) in [7, 11) is -4.89. The van der Waals surface area contributed by atoms with E-state index in [-0.39, 0.29) is 5.56 Å². The Balaban J connectivity index is 2.39. The molecule has 1 aromatic carbocycles. The zero-order chi connectivity index (χ0) is 22.7. The summed E-state index contributed by atoms with van der Waals surface area (Å²) in [5.41, 5.74) is 0.339. The molecule has 12 nitrogen and oxygen atoms in total. The van der Waals surface area contributed by atoms with Crippen molar-refractivity contribution in [2.24, 2.45) is 0 Å². The topological polar surface area (TPSA) is 192 Å². The van der Waals surface area contributed by atoms with E-state index in [2.05, 4.69) is 21.4 Å². The van der Waals surface area contributed by atoms with Gasteiger partial charge in [0.2, 0.25) is 17.6 Å². The molecule has 0 bridgehead atoms. The van der Waals surface area contributed by atoms with E-state index in [0.29, 0.717) is 5.69 Å². The van der Waals surface area contributed by atoms with Crippen LogP contribution in [-0.4, -0.2) is 71.1 Å². The van der Waals surface area contributed by atoms with Crippen LogP contribution < -0.4 is 10.6 Å². The van der Waals surface area contributed by atoms with E-state index in [9.17, 15) is 33.3 Å². The number of carbonyl (C=O) groups excluding carboxylic acids is 2. The lowest BCUT2D eigenvalue weighted by Gasteiger charge is -2.48. The smallest absolute Gasteiger partial charge is 0.388 e. The highest BCUT2D eigenvalue weighted by molar-refractivity contribution is 7.80. The van der Waals surface area contributed by atoms with Crippen molar-refractivity contribution in [1.82, 2.24) is 5.32 Å². The Labute approximate surface area is 172 Å². The summed E-state index contributed by atoms with van der Waals surface area (Å²) >= 11 is 0. The van der Waals surface area contributed by atoms with Crippen molar-refractivity contribution in [2.75, 3.05) is 11.9 Å². The van der Waals surface area contributed by atoms with E-state index in [0.717, 1.165) is 13.0 Å². The van der Waals surface area contributed by atoms with Gasteiger partial charge in [-0.3, -0.25) is 14.1 Å². The first-order chi connectivity index (χ1) is 13.9. The summed E-state index contributed by atoms with van der Waals surface area (Å²) < 4.78 is 40.0. The van der Waals surface area contributed by atoms with Gasteiger partial charge in [0.05, 0.1) is 6.61 Å². The van der Waals surface area contributed by atoms with Gasteiger partial charge in [-0.2, -0.15) is 8.42 Å². The molecule has 5 atom stereocenters. The monoisotopic (exact) mass is 446 g/mol. The van der Waals surface area contributed by atoms with Crippen molar-refractivity contribution in [3.8, 4) is 0 Å². The predicted octanol–water partition coefficient (Wildman–Crippen LogP) is -1.60. The third kappa shape index (κ3) is 5.60. The van der Waals surface area contributed by atoms with Crippen LogP contribution in [-0.2, 0) is 34.7 Å². The van der Waals surface area contributed by atoms with Crippen LogP contribution >= 0.6 is 0 Å². The molecule has 1 fully saturated rings. The van der Waals surface area contributed by atoms with Gasteiger partial charge in [-0.1, -0.05) is 18.7 Å². The van der Waals surface area contributed by atoms with Crippen LogP contribution in [0.25, 0.3) is 0 Å². The van der Waals surface area contributed by atoms with Crippen LogP contribution in [0.5, 0.6) is 0 Å². The number of nitrogens with one attached hydrogen (secondary N) is 2.